The lowest BCUT2D eigenvalue weighted by Gasteiger charge is -2.12. The van der Waals surface area contributed by atoms with Crippen LogP contribution < -0.4 is 0 Å². The zero-order chi connectivity index (χ0) is 24.3. The zero-order valence-corrected chi connectivity index (χ0v) is 18.9. The van der Waals surface area contributed by atoms with Crippen LogP contribution in [0, 0.1) is 11.6 Å². The molecule has 0 bridgehead atoms. The van der Waals surface area contributed by atoms with Gasteiger partial charge < -0.3 is 8.98 Å². The predicted molar refractivity (Wildman–Crippen MR) is 125 cm³/mol. The summed E-state index contributed by atoms with van der Waals surface area (Å²) in [7, 11) is 1.79. The summed E-state index contributed by atoms with van der Waals surface area (Å²) in [5.74, 6) is -0.346. The molecule has 3 heterocycles. The van der Waals surface area contributed by atoms with Gasteiger partial charge in [-0.25, -0.2) is 18.7 Å². The number of aryl methyl sites for hydroxylation is 1. The molecule has 1 fully saturated rings. The number of pyridine rings is 1. The van der Waals surface area contributed by atoms with Crippen molar-refractivity contribution in [2.45, 2.75) is 25.7 Å². The zero-order valence-electron chi connectivity index (χ0n) is 18.9. The van der Waals surface area contributed by atoms with Crippen molar-refractivity contribution in [2.75, 3.05) is 0 Å². The molecule has 0 amide bonds. The van der Waals surface area contributed by atoms with Crippen LogP contribution in [0.3, 0.4) is 0 Å². The van der Waals surface area contributed by atoms with E-state index >= 15 is 0 Å². The number of Topliss-reactive ketones (excluding diaryl/α,β-unsaturated/α-hetero) is 1. The van der Waals surface area contributed by atoms with Gasteiger partial charge in [0.15, 0.2) is 23.0 Å². The molecule has 1 saturated carbocycles. The normalized spacial score (nSPS) is 13.5. The largest absolute Gasteiger partial charge is 0.432 e. The molecule has 1 aliphatic rings. The van der Waals surface area contributed by atoms with Crippen LogP contribution in [0.25, 0.3) is 45.2 Å². The number of aromatic nitrogens is 5. The summed E-state index contributed by atoms with van der Waals surface area (Å²) in [6.07, 6.45) is 3.58. The molecule has 0 spiro atoms. The molecule has 7 nitrogen and oxygen atoms in total. The van der Waals surface area contributed by atoms with Gasteiger partial charge >= 0.3 is 0 Å². The van der Waals surface area contributed by atoms with E-state index in [1.54, 1.807) is 30.1 Å². The molecule has 0 N–H and O–H groups in total. The van der Waals surface area contributed by atoms with Gasteiger partial charge in [0.25, 0.3) is 0 Å². The Balaban J connectivity index is 1.54. The second-order valence-electron chi connectivity index (χ2n) is 8.78. The van der Waals surface area contributed by atoms with Crippen molar-refractivity contribution >= 4 is 16.9 Å². The topological polar surface area (TPSA) is 86.7 Å². The molecule has 9 heteroatoms. The van der Waals surface area contributed by atoms with Gasteiger partial charge in [0.1, 0.15) is 23.4 Å². The Bertz CT molecular complexity index is 1630. The summed E-state index contributed by atoms with van der Waals surface area (Å²) in [6, 6.07) is 10.9. The number of nitrogens with zero attached hydrogens (tertiary/aromatic N) is 5. The van der Waals surface area contributed by atoms with Gasteiger partial charge in [-0.3, -0.25) is 4.79 Å². The first-order chi connectivity index (χ1) is 16.9. The maximum absolute atomic E-state index is 14.6. The highest BCUT2D eigenvalue weighted by Gasteiger charge is 2.27. The minimum atomic E-state index is -0.659. The molecule has 5 aromatic rings. The van der Waals surface area contributed by atoms with Crippen LogP contribution in [0.5, 0.6) is 0 Å². The van der Waals surface area contributed by atoms with Crippen molar-refractivity contribution < 1.29 is 18.0 Å². The fraction of sp³-hybridized carbons (Fsp3) is 0.192. The second-order valence-corrected chi connectivity index (χ2v) is 8.78. The molecule has 0 saturated heterocycles. The maximum atomic E-state index is 14.6. The molecule has 174 valence electrons. The lowest BCUT2D eigenvalue weighted by Crippen LogP contribution is -1.97. The molecule has 0 unspecified atom stereocenters. The monoisotopic (exact) mass is 471 g/mol. The van der Waals surface area contributed by atoms with Gasteiger partial charge in [-0.15, -0.1) is 10.2 Å². The first-order valence-corrected chi connectivity index (χ1v) is 11.1. The summed E-state index contributed by atoms with van der Waals surface area (Å²) >= 11 is 0. The predicted octanol–water partition coefficient (Wildman–Crippen LogP) is 5.71. The maximum Gasteiger partial charge on any atom is 0.246 e. The highest BCUT2D eigenvalue weighted by Crippen LogP contribution is 2.42. The van der Waals surface area contributed by atoms with Gasteiger partial charge in [-0.1, -0.05) is 6.07 Å². The molecule has 0 aliphatic heterocycles. The third-order valence-electron chi connectivity index (χ3n) is 6.16. The van der Waals surface area contributed by atoms with Crippen molar-refractivity contribution in [3.63, 3.8) is 0 Å². The fourth-order valence-corrected chi connectivity index (χ4v) is 4.19. The van der Waals surface area contributed by atoms with E-state index in [0.717, 1.165) is 35.7 Å². The van der Waals surface area contributed by atoms with Crippen molar-refractivity contribution in [2.24, 2.45) is 7.05 Å². The van der Waals surface area contributed by atoms with Crippen molar-refractivity contribution in [3.8, 4) is 34.1 Å². The lowest BCUT2D eigenvalue weighted by atomic mass is 9.97. The number of oxazole rings is 1. The average Bonchev–Trinajstić information content (AvgIpc) is 3.45. The van der Waals surface area contributed by atoms with Crippen LogP contribution in [0.4, 0.5) is 8.78 Å². The number of halogens is 2. The fourth-order valence-electron chi connectivity index (χ4n) is 4.19. The third kappa shape index (κ3) is 3.78. The van der Waals surface area contributed by atoms with Gasteiger partial charge in [0.2, 0.25) is 5.89 Å². The number of rotatable bonds is 5. The Kier molecular flexibility index (Phi) is 4.80. The Hall–Kier alpha value is -4.27. The van der Waals surface area contributed by atoms with E-state index in [1.807, 2.05) is 6.07 Å². The number of hydrogen-bond acceptors (Lipinski definition) is 6. The molecular weight excluding hydrogens is 452 g/mol. The van der Waals surface area contributed by atoms with Gasteiger partial charge in [0.05, 0.1) is 0 Å². The minimum absolute atomic E-state index is 0.0354. The summed E-state index contributed by atoms with van der Waals surface area (Å²) in [5, 5.41) is 8.08. The summed E-state index contributed by atoms with van der Waals surface area (Å²) in [6.45, 7) is 1.37. The van der Waals surface area contributed by atoms with Crippen molar-refractivity contribution in [3.05, 3.63) is 71.7 Å². The molecule has 1 aliphatic carbocycles. The van der Waals surface area contributed by atoms with Crippen LogP contribution in [-0.4, -0.2) is 30.5 Å². The van der Waals surface area contributed by atoms with Crippen LogP contribution in [0.2, 0.25) is 0 Å². The highest BCUT2D eigenvalue weighted by molar-refractivity contribution is 5.97. The number of hydrogen-bond donors (Lipinski definition) is 0. The molecule has 3 aromatic heterocycles. The number of fused-ring (bicyclic) bond motifs is 1. The standard InChI is InChI=1S/C26H19F2N5O2/c1-13(34)15-7-20(28)24-22(8-15)31-26(35-24)23-10-16(9-21(30-23)14-3-4-14)18-6-5-17(27)11-19(18)25-32-29-12-33(25)2/h5-12,14H,3-4H2,1-2H3. The van der Waals surface area contributed by atoms with Crippen molar-refractivity contribution in [1.29, 1.82) is 0 Å². The van der Waals surface area contributed by atoms with E-state index < -0.39 is 5.82 Å². The molecule has 6 rings (SSSR count). The van der Waals surface area contributed by atoms with E-state index in [0.29, 0.717) is 23.0 Å². The third-order valence-corrected chi connectivity index (χ3v) is 6.16. The Labute approximate surface area is 198 Å². The Morgan fingerprint density at radius 3 is 2.60 bits per heavy atom. The summed E-state index contributed by atoms with van der Waals surface area (Å²) in [5.41, 5.74) is 3.82. The molecule has 0 radical (unpaired) electrons. The van der Waals surface area contributed by atoms with Crippen LogP contribution in [0.15, 0.2) is 53.2 Å². The van der Waals surface area contributed by atoms with E-state index in [9.17, 15) is 13.6 Å². The summed E-state index contributed by atoms with van der Waals surface area (Å²) in [4.78, 5) is 20.9. The number of carbonyl (C=O) groups excluding carboxylic acids is 1. The van der Waals surface area contributed by atoms with Crippen molar-refractivity contribution in [1.82, 2.24) is 24.7 Å². The Morgan fingerprint density at radius 2 is 1.89 bits per heavy atom. The number of ketones is 1. The first kappa shape index (κ1) is 21.3. The first-order valence-electron chi connectivity index (χ1n) is 11.1. The van der Waals surface area contributed by atoms with E-state index in [-0.39, 0.29) is 34.2 Å². The van der Waals surface area contributed by atoms with E-state index in [1.165, 1.54) is 25.1 Å². The smallest absolute Gasteiger partial charge is 0.246 e. The minimum Gasteiger partial charge on any atom is -0.432 e. The molecule has 0 atom stereocenters. The highest BCUT2D eigenvalue weighted by atomic mass is 19.1. The number of benzene rings is 2. The average molecular weight is 471 g/mol. The van der Waals surface area contributed by atoms with Crippen LogP contribution >= 0.6 is 0 Å². The van der Waals surface area contributed by atoms with Crippen LogP contribution in [-0.2, 0) is 7.05 Å². The van der Waals surface area contributed by atoms with E-state index in [2.05, 4.69) is 15.2 Å². The Morgan fingerprint density at radius 1 is 1.06 bits per heavy atom. The molecule has 2 aromatic carbocycles. The summed E-state index contributed by atoms with van der Waals surface area (Å²) < 4.78 is 36.3. The van der Waals surface area contributed by atoms with Gasteiger partial charge in [0, 0.05) is 29.8 Å². The van der Waals surface area contributed by atoms with Gasteiger partial charge in [-0.05, 0) is 67.3 Å². The lowest BCUT2D eigenvalue weighted by molar-refractivity contribution is 0.101. The van der Waals surface area contributed by atoms with E-state index in [4.69, 9.17) is 9.40 Å². The van der Waals surface area contributed by atoms with Crippen LogP contribution in [0.1, 0.15) is 41.7 Å². The number of carbonyl (C=O) groups is 1. The second kappa shape index (κ2) is 7.90. The molecular formula is C26H19F2N5O2. The molecule has 35 heavy (non-hydrogen) atoms. The SMILES string of the molecule is CC(=O)c1cc(F)c2oc(-c3cc(-c4ccc(F)cc4-c4nncn4C)cc(C4CC4)n3)nc2c1. The quantitative estimate of drug-likeness (QED) is 0.305. The van der Waals surface area contributed by atoms with Gasteiger partial charge in [-0.2, -0.15) is 0 Å².